The maximum Gasteiger partial charge on any atom is 0.328 e. The number of carboxylic acids is 1. The van der Waals surface area contributed by atoms with E-state index >= 15 is 0 Å². The van der Waals surface area contributed by atoms with Gasteiger partial charge in [0.05, 0.1) is 0 Å². The summed E-state index contributed by atoms with van der Waals surface area (Å²) in [6.45, 7) is -0.186. The first kappa shape index (κ1) is 16.8. The van der Waals surface area contributed by atoms with E-state index in [0.29, 0.717) is 5.56 Å². The van der Waals surface area contributed by atoms with Crippen molar-refractivity contribution in [2.24, 2.45) is 0 Å². The van der Waals surface area contributed by atoms with Crippen LogP contribution in [-0.4, -0.2) is 37.4 Å². The van der Waals surface area contributed by atoms with E-state index in [-0.39, 0.29) is 12.1 Å². The highest BCUT2D eigenvalue weighted by molar-refractivity contribution is 7.91. The molecule has 0 heterocycles. The lowest BCUT2D eigenvalue weighted by molar-refractivity contribution is -0.131. The summed E-state index contributed by atoms with van der Waals surface area (Å²) in [6.07, 6.45) is 3.10. The van der Waals surface area contributed by atoms with Gasteiger partial charge in [0.15, 0.2) is 9.84 Å². The highest BCUT2D eigenvalue weighted by atomic mass is 32.2. The van der Waals surface area contributed by atoms with E-state index in [1.54, 1.807) is 0 Å². The Bertz CT molecular complexity index is 682. The molecule has 6 nitrogen and oxygen atoms in total. The summed E-state index contributed by atoms with van der Waals surface area (Å²) in [6, 6.07) is 3.89. The van der Waals surface area contributed by atoms with Gasteiger partial charge in [0.1, 0.15) is 11.6 Å². The fourth-order valence-electron chi connectivity index (χ4n) is 1.48. The van der Waals surface area contributed by atoms with Crippen LogP contribution in [0.5, 0.6) is 0 Å². The standard InChI is InChI=1S/C13H14FNO5S/c1-21(19,20)8-12(16)15-7-10-6-9(2-4-11(10)14)3-5-13(17)18/h2-6H,7-8H2,1H3,(H,15,16)(H,17,18). The Morgan fingerprint density at radius 3 is 2.62 bits per heavy atom. The van der Waals surface area contributed by atoms with E-state index in [0.717, 1.165) is 18.4 Å². The normalized spacial score (nSPS) is 11.5. The van der Waals surface area contributed by atoms with Gasteiger partial charge in [-0.3, -0.25) is 4.79 Å². The van der Waals surface area contributed by atoms with Crippen molar-refractivity contribution in [3.63, 3.8) is 0 Å². The quantitative estimate of drug-likeness (QED) is 0.748. The molecule has 0 aliphatic carbocycles. The van der Waals surface area contributed by atoms with Crippen LogP contribution in [0.2, 0.25) is 0 Å². The Hall–Kier alpha value is -2.22. The summed E-state index contributed by atoms with van der Waals surface area (Å²) in [7, 11) is -3.45. The minimum Gasteiger partial charge on any atom is -0.478 e. The third kappa shape index (κ3) is 6.66. The molecule has 0 spiro atoms. The van der Waals surface area contributed by atoms with E-state index in [4.69, 9.17) is 5.11 Å². The molecular weight excluding hydrogens is 301 g/mol. The predicted molar refractivity (Wildman–Crippen MR) is 74.6 cm³/mol. The summed E-state index contributed by atoms with van der Waals surface area (Å²) in [5.41, 5.74) is 0.579. The van der Waals surface area contributed by atoms with Gasteiger partial charge in [-0.1, -0.05) is 6.07 Å². The van der Waals surface area contributed by atoms with Crippen LogP contribution in [0.4, 0.5) is 4.39 Å². The van der Waals surface area contributed by atoms with Gasteiger partial charge in [-0.15, -0.1) is 0 Å². The van der Waals surface area contributed by atoms with Crippen LogP contribution in [0, 0.1) is 5.82 Å². The van der Waals surface area contributed by atoms with E-state index in [2.05, 4.69) is 5.32 Å². The molecule has 0 atom stereocenters. The highest BCUT2D eigenvalue weighted by Gasteiger charge is 2.11. The first-order valence-electron chi connectivity index (χ1n) is 5.81. The van der Waals surface area contributed by atoms with Crippen molar-refractivity contribution in [1.29, 1.82) is 0 Å². The van der Waals surface area contributed by atoms with Gasteiger partial charge in [-0.2, -0.15) is 0 Å². The third-order valence-corrected chi connectivity index (χ3v) is 3.14. The number of carboxylic acid groups (broad SMARTS) is 1. The van der Waals surface area contributed by atoms with Gasteiger partial charge < -0.3 is 10.4 Å². The molecule has 1 aromatic rings. The average molecular weight is 315 g/mol. The van der Waals surface area contributed by atoms with Gasteiger partial charge in [0.2, 0.25) is 5.91 Å². The number of halogens is 1. The summed E-state index contributed by atoms with van der Waals surface area (Å²) in [5.74, 6) is -3.12. The smallest absolute Gasteiger partial charge is 0.328 e. The maximum absolute atomic E-state index is 13.5. The van der Waals surface area contributed by atoms with Crippen molar-refractivity contribution in [2.75, 3.05) is 12.0 Å². The molecule has 1 rings (SSSR count). The van der Waals surface area contributed by atoms with Gasteiger partial charge in [0.25, 0.3) is 0 Å². The predicted octanol–water partition coefficient (Wildman–Crippen LogP) is 0.584. The monoisotopic (exact) mass is 315 g/mol. The third-order valence-electron chi connectivity index (χ3n) is 2.36. The Labute approximate surface area is 121 Å². The lowest BCUT2D eigenvalue weighted by Gasteiger charge is -2.07. The molecule has 0 aromatic heterocycles. The number of sulfone groups is 1. The van der Waals surface area contributed by atoms with Crippen molar-refractivity contribution in [3.05, 3.63) is 41.2 Å². The largest absolute Gasteiger partial charge is 0.478 e. The Kier molecular flexibility index (Phi) is 5.60. The van der Waals surface area contributed by atoms with E-state index in [1.165, 1.54) is 18.2 Å². The minimum absolute atomic E-state index is 0.129. The minimum atomic E-state index is -3.45. The lowest BCUT2D eigenvalue weighted by atomic mass is 10.1. The zero-order valence-corrected chi connectivity index (χ0v) is 12.0. The van der Waals surface area contributed by atoms with Crippen LogP contribution in [-0.2, 0) is 26.0 Å². The molecular formula is C13H14FNO5S. The molecule has 0 aliphatic rings. The Morgan fingerprint density at radius 1 is 1.38 bits per heavy atom. The van der Waals surface area contributed by atoms with Crippen LogP contribution < -0.4 is 5.32 Å². The van der Waals surface area contributed by atoms with Crippen molar-refractivity contribution in [2.45, 2.75) is 6.54 Å². The number of amides is 1. The van der Waals surface area contributed by atoms with Crippen LogP contribution in [0.1, 0.15) is 11.1 Å². The van der Waals surface area contributed by atoms with Gasteiger partial charge in [0, 0.05) is 24.4 Å². The average Bonchev–Trinajstić information content (AvgIpc) is 2.34. The molecule has 0 aliphatic heterocycles. The van der Waals surface area contributed by atoms with Crippen molar-refractivity contribution < 1.29 is 27.5 Å². The second-order valence-corrected chi connectivity index (χ2v) is 6.51. The molecule has 21 heavy (non-hydrogen) atoms. The molecule has 1 amide bonds. The molecule has 8 heteroatoms. The Balaban J connectivity index is 2.77. The summed E-state index contributed by atoms with van der Waals surface area (Å²) in [5, 5.41) is 10.8. The number of hydrogen-bond donors (Lipinski definition) is 2. The second kappa shape index (κ2) is 6.98. The fraction of sp³-hybridized carbons (Fsp3) is 0.231. The van der Waals surface area contributed by atoms with Gasteiger partial charge >= 0.3 is 5.97 Å². The topological polar surface area (TPSA) is 101 Å². The van der Waals surface area contributed by atoms with E-state index in [1.807, 2.05) is 0 Å². The van der Waals surface area contributed by atoms with Crippen LogP contribution >= 0.6 is 0 Å². The van der Waals surface area contributed by atoms with Crippen LogP contribution in [0.25, 0.3) is 6.08 Å². The number of carbonyl (C=O) groups is 2. The molecule has 2 N–H and O–H groups in total. The first-order chi connectivity index (χ1) is 9.67. The zero-order valence-electron chi connectivity index (χ0n) is 11.2. The Morgan fingerprint density at radius 2 is 2.05 bits per heavy atom. The van der Waals surface area contributed by atoms with Crippen molar-refractivity contribution >= 4 is 27.8 Å². The highest BCUT2D eigenvalue weighted by Crippen LogP contribution is 2.12. The van der Waals surface area contributed by atoms with Gasteiger partial charge in [-0.25, -0.2) is 17.6 Å². The summed E-state index contributed by atoms with van der Waals surface area (Å²) < 4.78 is 35.4. The number of hydrogen-bond acceptors (Lipinski definition) is 4. The molecule has 1 aromatic carbocycles. The number of rotatable bonds is 6. The van der Waals surface area contributed by atoms with E-state index < -0.39 is 33.3 Å². The molecule has 0 saturated carbocycles. The summed E-state index contributed by atoms with van der Waals surface area (Å²) in [4.78, 5) is 21.7. The molecule has 0 fully saturated rings. The fourth-order valence-corrected chi connectivity index (χ4v) is 2.06. The maximum atomic E-state index is 13.5. The number of benzene rings is 1. The number of carbonyl (C=O) groups excluding carboxylic acids is 1. The van der Waals surface area contributed by atoms with E-state index in [9.17, 15) is 22.4 Å². The number of nitrogens with one attached hydrogen (secondary N) is 1. The molecule has 0 saturated heterocycles. The lowest BCUT2D eigenvalue weighted by Crippen LogP contribution is -2.29. The van der Waals surface area contributed by atoms with Crippen LogP contribution in [0.3, 0.4) is 0 Å². The molecule has 0 unspecified atom stereocenters. The SMILES string of the molecule is CS(=O)(=O)CC(=O)NCc1cc(C=CC(=O)O)ccc1F. The van der Waals surface area contributed by atoms with Gasteiger partial charge in [-0.05, 0) is 23.8 Å². The van der Waals surface area contributed by atoms with Crippen LogP contribution in [0.15, 0.2) is 24.3 Å². The summed E-state index contributed by atoms with van der Waals surface area (Å²) >= 11 is 0. The second-order valence-electron chi connectivity index (χ2n) is 4.37. The van der Waals surface area contributed by atoms with Crippen molar-refractivity contribution in [1.82, 2.24) is 5.32 Å². The molecule has 0 bridgehead atoms. The first-order valence-corrected chi connectivity index (χ1v) is 7.87. The molecule has 114 valence electrons. The van der Waals surface area contributed by atoms with Crippen molar-refractivity contribution in [3.8, 4) is 0 Å². The zero-order chi connectivity index (χ0) is 16.0. The number of aliphatic carboxylic acids is 1. The molecule has 0 radical (unpaired) electrons.